The molecule has 1 rings (SSSR count). The van der Waals surface area contributed by atoms with Crippen molar-refractivity contribution in [2.24, 2.45) is 0 Å². The van der Waals surface area contributed by atoms with Gasteiger partial charge in [0.25, 0.3) is 0 Å². The molecular weight excluding hydrogens is 240 g/mol. The van der Waals surface area contributed by atoms with Gasteiger partial charge >= 0.3 is 0 Å². The average molecular weight is 268 g/mol. The van der Waals surface area contributed by atoms with Crippen LogP contribution in [0.3, 0.4) is 0 Å². The van der Waals surface area contributed by atoms with Crippen LogP contribution in [0, 0.1) is 6.92 Å². The van der Waals surface area contributed by atoms with Gasteiger partial charge in [0.05, 0.1) is 6.04 Å². The summed E-state index contributed by atoms with van der Waals surface area (Å²) in [5, 5.41) is 5.84. The van der Waals surface area contributed by atoms with E-state index in [-0.39, 0.29) is 5.54 Å². The third-order valence-electron chi connectivity index (χ3n) is 4.20. The lowest BCUT2D eigenvalue weighted by Gasteiger charge is -2.45. The van der Waals surface area contributed by atoms with Gasteiger partial charge in [0.2, 0.25) is 0 Å². The van der Waals surface area contributed by atoms with E-state index in [1.807, 2.05) is 11.3 Å². The van der Waals surface area contributed by atoms with Crippen LogP contribution in [0.15, 0.2) is 11.4 Å². The predicted octanol–water partition coefficient (Wildman–Crippen LogP) is 3.83. The maximum Gasteiger partial charge on any atom is 0.0510 e. The van der Waals surface area contributed by atoms with E-state index in [1.165, 1.54) is 10.4 Å². The summed E-state index contributed by atoms with van der Waals surface area (Å²) in [6.45, 7) is 13.6. The number of nitrogens with zero attached hydrogens (tertiary/aromatic N) is 1. The zero-order chi connectivity index (χ0) is 13.8. The van der Waals surface area contributed by atoms with E-state index in [0.29, 0.717) is 6.04 Å². The van der Waals surface area contributed by atoms with Gasteiger partial charge in [-0.05, 0) is 57.4 Å². The normalized spacial score (nSPS) is 16.8. The number of nitrogens with one attached hydrogen (secondary N) is 1. The van der Waals surface area contributed by atoms with Crippen molar-refractivity contribution in [2.45, 2.75) is 52.6 Å². The van der Waals surface area contributed by atoms with Crippen LogP contribution in [0.2, 0.25) is 0 Å². The average Bonchev–Trinajstić information content (AvgIpc) is 2.78. The second kappa shape index (κ2) is 6.69. The first kappa shape index (κ1) is 15.7. The first-order chi connectivity index (χ1) is 8.53. The molecule has 0 saturated heterocycles. The summed E-state index contributed by atoms with van der Waals surface area (Å²) in [5.74, 6) is 0. The highest BCUT2D eigenvalue weighted by Crippen LogP contribution is 2.35. The monoisotopic (exact) mass is 268 g/mol. The zero-order valence-corrected chi connectivity index (χ0v) is 13.5. The Bertz CT molecular complexity index is 357. The maximum absolute atomic E-state index is 3.54. The molecule has 1 N–H and O–H groups in total. The van der Waals surface area contributed by atoms with Gasteiger partial charge in [-0.15, -0.1) is 11.3 Å². The van der Waals surface area contributed by atoms with Crippen molar-refractivity contribution in [3.8, 4) is 0 Å². The van der Waals surface area contributed by atoms with E-state index in [2.05, 4.69) is 63.3 Å². The Morgan fingerprint density at radius 2 is 1.94 bits per heavy atom. The molecule has 1 heterocycles. The second-order valence-corrected chi connectivity index (χ2v) is 6.21. The minimum Gasteiger partial charge on any atom is -0.311 e. The first-order valence-electron chi connectivity index (χ1n) is 7.00. The molecule has 104 valence electrons. The van der Waals surface area contributed by atoms with Gasteiger partial charge in [-0.1, -0.05) is 20.8 Å². The standard InChI is InChI=1S/C15H28N2S/c1-7-15(5,17(8-2)9-3)14(16-6)13-10-12(4)18-11-13/h10-11,14,16H,7-9H2,1-6H3. The Morgan fingerprint density at radius 3 is 2.28 bits per heavy atom. The number of rotatable bonds is 7. The number of aryl methyl sites for hydroxylation is 1. The Hall–Kier alpha value is -0.380. The van der Waals surface area contributed by atoms with E-state index >= 15 is 0 Å². The van der Waals surface area contributed by atoms with Crippen LogP contribution in [-0.4, -0.2) is 30.6 Å². The molecule has 0 saturated carbocycles. The fourth-order valence-corrected chi connectivity index (χ4v) is 3.74. The van der Waals surface area contributed by atoms with Gasteiger partial charge in [0, 0.05) is 10.4 Å². The summed E-state index contributed by atoms with van der Waals surface area (Å²) in [6.07, 6.45) is 1.15. The lowest BCUT2D eigenvalue weighted by atomic mass is 9.83. The summed E-state index contributed by atoms with van der Waals surface area (Å²) < 4.78 is 0. The number of thiophene rings is 1. The molecule has 0 spiro atoms. The highest BCUT2D eigenvalue weighted by Gasteiger charge is 2.37. The van der Waals surface area contributed by atoms with Crippen LogP contribution >= 0.6 is 11.3 Å². The van der Waals surface area contributed by atoms with Crippen molar-refractivity contribution in [3.05, 3.63) is 21.9 Å². The third kappa shape index (κ3) is 2.95. The van der Waals surface area contributed by atoms with Crippen LogP contribution < -0.4 is 5.32 Å². The van der Waals surface area contributed by atoms with Crippen molar-refractivity contribution < 1.29 is 0 Å². The molecule has 18 heavy (non-hydrogen) atoms. The topological polar surface area (TPSA) is 15.3 Å². The first-order valence-corrected chi connectivity index (χ1v) is 7.88. The molecule has 0 aliphatic heterocycles. The number of likely N-dealkylation sites (N-methyl/N-ethyl adjacent to an activating group) is 2. The van der Waals surface area contributed by atoms with Crippen molar-refractivity contribution in [1.82, 2.24) is 10.2 Å². The molecule has 0 aliphatic rings. The Morgan fingerprint density at radius 1 is 1.33 bits per heavy atom. The van der Waals surface area contributed by atoms with Gasteiger partial charge in [-0.3, -0.25) is 4.90 Å². The van der Waals surface area contributed by atoms with E-state index in [1.54, 1.807) is 0 Å². The van der Waals surface area contributed by atoms with Crippen molar-refractivity contribution in [2.75, 3.05) is 20.1 Å². The van der Waals surface area contributed by atoms with E-state index < -0.39 is 0 Å². The molecule has 0 fully saturated rings. The highest BCUT2D eigenvalue weighted by atomic mass is 32.1. The van der Waals surface area contributed by atoms with Gasteiger partial charge in [-0.25, -0.2) is 0 Å². The van der Waals surface area contributed by atoms with Crippen LogP contribution in [0.5, 0.6) is 0 Å². The quantitative estimate of drug-likeness (QED) is 0.808. The molecule has 2 atom stereocenters. The fourth-order valence-electron chi connectivity index (χ4n) is 3.01. The molecule has 3 heteroatoms. The molecule has 1 aromatic heterocycles. The number of hydrogen-bond acceptors (Lipinski definition) is 3. The van der Waals surface area contributed by atoms with E-state index in [0.717, 1.165) is 19.5 Å². The summed E-state index contributed by atoms with van der Waals surface area (Å²) >= 11 is 1.84. The van der Waals surface area contributed by atoms with Gasteiger partial charge in [-0.2, -0.15) is 0 Å². The van der Waals surface area contributed by atoms with Gasteiger partial charge in [0.1, 0.15) is 0 Å². The minimum atomic E-state index is 0.172. The summed E-state index contributed by atoms with van der Waals surface area (Å²) in [5.41, 5.74) is 1.60. The molecule has 0 amide bonds. The van der Waals surface area contributed by atoms with Crippen molar-refractivity contribution in [1.29, 1.82) is 0 Å². The molecule has 0 aromatic carbocycles. The minimum absolute atomic E-state index is 0.172. The lowest BCUT2D eigenvalue weighted by molar-refractivity contribution is 0.0730. The molecule has 0 bridgehead atoms. The molecule has 2 unspecified atom stereocenters. The zero-order valence-electron chi connectivity index (χ0n) is 12.7. The third-order valence-corrected chi connectivity index (χ3v) is 5.08. The van der Waals surface area contributed by atoms with Gasteiger partial charge < -0.3 is 5.32 Å². The fraction of sp³-hybridized carbons (Fsp3) is 0.733. The second-order valence-electron chi connectivity index (χ2n) is 5.10. The number of hydrogen-bond donors (Lipinski definition) is 1. The summed E-state index contributed by atoms with van der Waals surface area (Å²) in [7, 11) is 2.08. The van der Waals surface area contributed by atoms with Crippen LogP contribution in [0.4, 0.5) is 0 Å². The van der Waals surface area contributed by atoms with Crippen LogP contribution in [0.1, 0.15) is 50.6 Å². The molecule has 0 aliphatic carbocycles. The maximum atomic E-state index is 3.54. The Balaban J connectivity index is 3.10. The lowest BCUT2D eigenvalue weighted by Crippen LogP contribution is -2.53. The highest BCUT2D eigenvalue weighted by molar-refractivity contribution is 7.10. The van der Waals surface area contributed by atoms with Crippen molar-refractivity contribution in [3.63, 3.8) is 0 Å². The summed E-state index contributed by atoms with van der Waals surface area (Å²) in [6, 6.07) is 2.72. The van der Waals surface area contributed by atoms with Crippen LogP contribution in [-0.2, 0) is 0 Å². The molecule has 1 aromatic rings. The van der Waals surface area contributed by atoms with Crippen LogP contribution in [0.25, 0.3) is 0 Å². The molecule has 2 nitrogen and oxygen atoms in total. The van der Waals surface area contributed by atoms with Gasteiger partial charge in [0.15, 0.2) is 0 Å². The Kier molecular flexibility index (Phi) is 5.83. The predicted molar refractivity (Wildman–Crippen MR) is 82.5 cm³/mol. The SMILES string of the molecule is CCN(CC)C(C)(CC)C(NC)c1csc(C)c1. The molecular formula is C15H28N2S. The largest absolute Gasteiger partial charge is 0.311 e. The Labute approximate surface area is 116 Å². The van der Waals surface area contributed by atoms with E-state index in [9.17, 15) is 0 Å². The van der Waals surface area contributed by atoms with E-state index in [4.69, 9.17) is 0 Å². The molecule has 0 radical (unpaired) electrons. The smallest absolute Gasteiger partial charge is 0.0510 e. The van der Waals surface area contributed by atoms with Crippen molar-refractivity contribution >= 4 is 11.3 Å². The summed E-state index contributed by atoms with van der Waals surface area (Å²) in [4.78, 5) is 3.96.